The van der Waals surface area contributed by atoms with E-state index in [1.807, 2.05) is 35.3 Å². The fourth-order valence-corrected chi connectivity index (χ4v) is 2.90. The second-order valence-electron chi connectivity index (χ2n) is 4.45. The van der Waals surface area contributed by atoms with E-state index in [0.717, 1.165) is 33.7 Å². The van der Waals surface area contributed by atoms with Gasteiger partial charge in [-0.15, -0.1) is 11.3 Å². The molecule has 20 heavy (non-hydrogen) atoms. The number of anilines is 1. The van der Waals surface area contributed by atoms with Crippen LogP contribution in [0.3, 0.4) is 0 Å². The molecule has 0 radical (unpaired) electrons. The number of aromatic nitrogens is 2. The Kier molecular flexibility index (Phi) is 3.02. The minimum absolute atomic E-state index is 0.560. The quantitative estimate of drug-likeness (QED) is 0.805. The summed E-state index contributed by atoms with van der Waals surface area (Å²) in [5.41, 5.74) is 8.63. The lowest BCUT2D eigenvalue weighted by Gasteiger charge is -2.07. The topological polar surface area (TPSA) is 62.3 Å². The van der Waals surface area contributed by atoms with Gasteiger partial charge in [0.15, 0.2) is 5.13 Å². The SMILES string of the molecule is COc1cc(OC)c2c(-c3csc(N)n3)cn(C)c2c1. The molecule has 6 heteroatoms. The van der Waals surface area contributed by atoms with Crippen LogP contribution in [-0.4, -0.2) is 23.8 Å². The van der Waals surface area contributed by atoms with Gasteiger partial charge in [-0.2, -0.15) is 0 Å². The van der Waals surface area contributed by atoms with Crippen molar-refractivity contribution in [3.05, 3.63) is 23.7 Å². The summed E-state index contributed by atoms with van der Waals surface area (Å²) in [4.78, 5) is 4.36. The van der Waals surface area contributed by atoms with Crippen molar-refractivity contribution in [3.63, 3.8) is 0 Å². The number of methoxy groups -OCH3 is 2. The maximum atomic E-state index is 5.73. The summed E-state index contributed by atoms with van der Waals surface area (Å²) >= 11 is 1.43. The van der Waals surface area contributed by atoms with Gasteiger partial charge < -0.3 is 19.8 Å². The molecule has 2 N–H and O–H groups in total. The Labute approximate surface area is 120 Å². The summed E-state index contributed by atoms with van der Waals surface area (Å²) in [5, 5.41) is 3.53. The first-order valence-electron chi connectivity index (χ1n) is 6.06. The van der Waals surface area contributed by atoms with Crippen LogP contribution in [-0.2, 0) is 7.05 Å². The lowest BCUT2D eigenvalue weighted by molar-refractivity contribution is 0.398. The number of hydrogen-bond acceptors (Lipinski definition) is 5. The molecule has 3 rings (SSSR count). The molecule has 0 aliphatic carbocycles. The molecule has 3 aromatic rings. The fourth-order valence-electron chi connectivity index (χ4n) is 2.34. The van der Waals surface area contributed by atoms with Gasteiger partial charge in [0.2, 0.25) is 0 Å². The van der Waals surface area contributed by atoms with Crippen LogP contribution in [0.4, 0.5) is 5.13 Å². The standard InChI is InChI=1S/C14H15N3O2S/c1-17-6-9(10-7-20-14(15)16-10)13-11(17)4-8(18-2)5-12(13)19-3/h4-7H,1-3H3,(H2,15,16). The van der Waals surface area contributed by atoms with E-state index in [-0.39, 0.29) is 0 Å². The third kappa shape index (κ3) is 1.89. The molecule has 0 aliphatic rings. The lowest BCUT2D eigenvalue weighted by atomic mass is 10.1. The summed E-state index contributed by atoms with van der Waals surface area (Å²) in [6.45, 7) is 0. The smallest absolute Gasteiger partial charge is 0.180 e. The molecule has 1 aromatic carbocycles. The predicted molar refractivity (Wildman–Crippen MR) is 81.5 cm³/mol. The van der Waals surface area contributed by atoms with E-state index in [9.17, 15) is 0 Å². The maximum Gasteiger partial charge on any atom is 0.180 e. The van der Waals surface area contributed by atoms with Crippen molar-refractivity contribution in [2.45, 2.75) is 0 Å². The van der Waals surface area contributed by atoms with Gasteiger partial charge in [-0.3, -0.25) is 0 Å². The molecule has 0 bridgehead atoms. The van der Waals surface area contributed by atoms with Gasteiger partial charge in [-0.25, -0.2) is 4.98 Å². The molecule has 0 spiro atoms. The molecule has 5 nitrogen and oxygen atoms in total. The molecule has 0 saturated heterocycles. The average molecular weight is 289 g/mol. The van der Waals surface area contributed by atoms with Crippen LogP contribution >= 0.6 is 11.3 Å². The predicted octanol–water partition coefficient (Wildman–Crippen LogP) is 2.90. The number of fused-ring (bicyclic) bond motifs is 1. The monoisotopic (exact) mass is 289 g/mol. The summed E-state index contributed by atoms with van der Waals surface area (Å²) in [6, 6.07) is 3.86. The molecular weight excluding hydrogens is 274 g/mol. The number of nitrogens with zero attached hydrogens (tertiary/aromatic N) is 2. The van der Waals surface area contributed by atoms with Crippen molar-refractivity contribution in [1.82, 2.24) is 9.55 Å². The van der Waals surface area contributed by atoms with E-state index >= 15 is 0 Å². The second kappa shape index (κ2) is 4.72. The van der Waals surface area contributed by atoms with Crippen LogP contribution in [0.15, 0.2) is 23.7 Å². The first-order valence-corrected chi connectivity index (χ1v) is 6.94. The lowest BCUT2D eigenvalue weighted by Crippen LogP contribution is -1.90. The maximum absolute atomic E-state index is 5.73. The number of aryl methyl sites for hydroxylation is 1. The average Bonchev–Trinajstić information content (AvgIpc) is 3.02. The number of thiazole rings is 1. The van der Waals surface area contributed by atoms with Crippen molar-refractivity contribution in [3.8, 4) is 22.8 Å². The number of nitrogen functional groups attached to an aromatic ring is 1. The van der Waals surface area contributed by atoms with E-state index in [4.69, 9.17) is 15.2 Å². The van der Waals surface area contributed by atoms with Gasteiger partial charge in [0.1, 0.15) is 11.5 Å². The van der Waals surface area contributed by atoms with Crippen molar-refractivity contribution < 1.29 is 9.47 Å². The number of hydrogen-bond donors (Lipinski definition) is 1. The van der Waals surface area contributed by atoms with E-state index < -0.39 is 0 Å². The van der Waals surface area contributed by atoms with Gasteiger partial charge in [0, 0.05) is 36.3 Å². The Morgan fingerprint density at radius 2 is 2.05 bits per heavy atom. The number of benzene rings is 1. The zero-order valence-corrected chi connectivity index (χ0v) is 12.3. The third-order valence-corrected chi connectivity index (χ3v) is 3.95. The molecular formula is C14H15N3O2S. The Morgan fingerprint density at radius 3 is 2.65 bits per heavy atom. The Morgan fingerprint density at radius 1 is 1.25 bits per heavy atom. The van der Waals surface area contributed by atoms with E-state index in [0.29, 0.717) is 5.13 Å². The van der Waals surface area contributed by atoms with Crippen molar-refractivity contribution in [1.29, 1.82) is 0 Å². The zero-order chi connectivity index (χ0) is 14.3. The van der Waals surface area contributed by atoms with Crippen molar-refractivity contribution >= 4 is 27.4 Å². The normalized spacial score (nSPS) is 10.9. The first-order chi connectivity index (χ1) is 9.63. The molecule has 0 fully saturated rings. The van der Waals surface area contributed by atoms with Crippen molar-refractivity contribution in [2.24, 2.45) is 7.05 Å². The third-order valence-electron chi connectivity index (χ3n) is 3.28. The number of nitrogens with two attached hydrogens (primary N) is 1. The van der Waals surface area contributed by atoms with E-state index in [1.165, 1.54) is 11.3 Å². The molecule has 0 amide bonds. The molecule has 104 valence electrons. The van der Waals surface area contributed by atoms with Gasteiger partial charge in [0.05, 0.1) is 30.8 Å². The highest BCUT2D eigenvalue weighted by molar-refractivity contribution is 7.13. The Bertz CT molecular complexity index is 776. The van der Waals surface area contributed by atoms with Gasteiger partial charge >= 0.3 is 0 Å². The minimum atomic E-state index is 0.560. The van der Waals surface area contributed by atoms with Crippen LogP contribution in [0, 0.1) is 0 Å². The summed E-state index contributed by atoms with van der Waals surface area (Å²) in [5.74, 6) is 1.53. The molecule has 0 saturated carbocycles. The molecule has 0 atom stereocenters. The summed E-state index contributed by atoms with van der Waals surface area (Å²) in [7, 11) is 5.28. The fraction of sp³-hybridized carbons (Fsp3) is 0.214. The summed E-state index contributed by atoms with van der Waals surface area (Å²) in [6.07, 6.45) is 2.03. The van der Waals surface area contributed by atoms with Crippen molar-refractivity contribution in [2.75, 3.05) is 20.0 Å². The van der Waals surface area contributed by atoms with Crippen LogP contribution in [0.1, 0.15) is 0 Å². The minimum Gasteiger partial charge on any atom is -0.497 e. The van der Waals surface area contributed by atoms with Gasteiger partial charge in [0.25, 0.3) is 0 Å². The van der Waals surface area contributed by atoms with Crippen LogP contribution < -0.4 is 15.2 Å². The van der Waals surface area contributed by atoms with E-state index in [2.05, 4.69) is 4.98 Å². The Hall–Kier alpha value is -2.21. The highest BCUT2D eigenvalue weighted by Gasteiger charge is 2.16. The Balaban J connectivity index is 2.34. The van der Waals surface area contributed by atoms with Crippen LogP contribution in [0.5, 0.6) is 11.5 Å². The highest BCUT2D eigenvalue weighted by Crippen LogP contribution is 2.39. The molecule has 2 heterocycles. The molecule has 0 aliphatic heterocycles. The van der Waals surface area contributed by atoms with Crippen LogP contribution in [0.2, 0.25) is 0 Å². The van der Waals surface area contributed by atoms with Crippen LogP contribution in [0.25, 0.3) is 22.2 Å². The molecule has 0 unspecified atom stereocenters. The summed E-state index contributed by atoms with van der Waals surface area (Å²) < 4.78 is 12.8. The van der Waals surface area contributed by atoms with Gasteiger partial charge in [-0.1, -0.05) is 0 Å². The largest absolute Gasteiger partial charge is 0.497 e. The van der Waals surface area contributed by atoms with E-state index in [1.54, 1.807) is 14.2 Å². The highest BCUT2D eigenvalue weighted by atomic mass is 32.1. The second-order valence-corrected chi connectivity index (χ2v) is 5.34. The number of rotatable bonds is 3. The number of ether oxygens (including phenoxy) is 2. The van der Waals surface area contributed by atoms with Gasteiger partial charge in [-0.05, 0) is 0 Å². The zero-order valence-electron chi connectivity index (χ0n) is 11.5. The first kappa shape index (κ1) is 12.8. The molecule has 2 aromatic heterocycles.